The Labute approximate surface area is 116 Å². The van der Waals surface area contributed by atoms with Gasteiger partial charge in [0, 0.05) is 16.1 Å². The molecule has 0 heterocycles. The van der Waals surface area contributed by atoms with Crippen LogP contribution >= 0.6 is 27.5 Å². The number of nitrogens with one attached hydrogen (secondary N) is 1. The third-order valence-electron chi connectivity index (χ3n) is 3.10. The average Bonchev–Trinajstić information content (AvgIpc) is 2.30. The van der Waals surface area contributed by atoms with Crippen molar-refractivity contribution in [2.75, 3.05) is 7.05 Å². The summed E-state index contributed by atoms with van der Waals surface area (Å²) in [5, 5.41) is 3.70. The summed E-state index contributed by atoms with van der Waals surface area (Å²) in [6.45, 7) is 4.31. The minimum Gasteiger partial charge on any atom is -0.313 e. The lowest BCUT2D eigenvalue weighted by Crippen LogP contribution is -2.20. The van der Waals surface area contributed by atoms with Gasteiger partial charge < -0.3 is 5.32 Å². The second-order valence-corrected chi connectivity index (χ2v) is 5.64. The highest BCUT2D eigenvalue weighted by Crippen LogP contribution is 2.31. The van der Waals surface area contributed by atoms with E-state index in [-0.39, 0.29) is 11.9 Å². The Hall–Kier alpha value is -0.120. The normalized spacial score (nSPS) is 14.7. The fraction of sp³-hybridized carbons (Fsp3) is 0.538. The Bertz CT molecular complexity index is 384. The van der Waals surface area contributed by atoms with Crippen LogP contribution in [-0.2, 0) is 0 Å². The standard InChI is InChI=1S/C13H18BrClFN/c1-4-8(2)5-13(17-3)9-6-11(15)10(14)7-12(9)16/h6-8,13,17H,4-5H2,1-3H3. The van der Waals surface area contributed by atoms with Gasteiger partial charge in [0.2, 0.25) is 0 Å². The van der Waals surface area contributed by atoms with Crippen LogP contribution in [0.4, 0.5) is 4.39 Å². The highest BCUT2D eigenvalue weighted by molar-refractivity contribution is 9.10. The minimum absolute atomic E-state index is 0.00977. The van der Waals surface area contributed by atoms with Gasteiger partial charge in [-0.05, 0) is 47.4 Å². The molecular formula is C13H18BrClFN. The smallest absolute Gasteiger partial charge is 0.129 e. The van der Waals surface area contributed by atoms with Crippen molar-refractivity contribution in [2.24, 2.45) is 5.92 Å². The fourth-order valence-corrected chi connectivity index (χ4v) is 2.26. The summed E-state index contributed by atoms with van der Waals surface area (Å²) in [7, 11) is 1.85. The van der Waals surface area contributed by atoms with Gasteiger partial charge >= 0.3 is 0 Å². The van der Waals surface area contributed by atoms with E-state index in [0.717, 1.165) is 12.8 Å². The molecule has 96 valence electrons. The molecule has 4 heteroatoms. The van der Waals surface area contributed by atoms with E-state index < -0.39 is 0 Å². The highest BCUT2D eigenvalue weighted by atomic mass is 79.9. The molecule has 0 saturated carbocycles. The molecule has 17 heavy (non-hydrogen) atoms. The van der Waals surface area contributed by atoms with Crippen molar-refractivity contribution in [1.29, 1.82) is 0 Å². The summed E-state index contributed by atoms with van der Waals surface area (Å²) in [6, 6.07) is 3.14. The first kappa shape index (κ1) is 14.9. The summed E-state index contributed by atoms with van der Waals surface area (Å²) in [5.74, 6) is 0.332. The van der Waals surface area contributed by atoms with Gasteiger partial charge in [0.15, 0.2) is 0 Å². The fourth-order valence-electron chi connectivity index (χ4n) is 1.77. The van der Waals surface area contributed by atoms with Crippen LogP contribution in [0.15, 0.2) is 16.6 Å². The molecule has 0 amide bonds. The monoisotopic (exact) mass is 321 g/mol. The molecule has 0 aliphatic rings. The lowest BCUT2D eigenvalue weighted by atomic mass is 9.94. The average molecular weight is 323 g/mol. The second kappa shape index (κ2) is 6.72. The predicted octanol–water partition coefficient (Wildman–Crippen LogP) is 4.94. The van der Waals surface area contributed by atoms with E-state index in [1.165, 1.54) is 6.07 Å². The summed E-state index contributed by atoms with van der Waals surface area (Å²) < 4.78 is 14.5. The lowest BCUT2D eigenvalue weighted by molar-refractivity contribution is 0.410. The molecule has 0 aliphatic carbocycles. The van der Waals surface area contributed by atoms with Crippen LogP contribution < -0.4 is 5.32 Å². The van der Waals surface area contributed by atoms with Crippen LogP contribution in [0.2, 0.25) is 5.02 Å². The van der Waals surface area contributed by atoms with E-state index in [4.69, 9.17) is 11.6 Å². The maximum atomic E-state index is 13.9. The van der Waals surface area contributed by atoms with Crippen LogP contribution in [0.1, 0.15) is 38.3 Å². The van der Waals surface area contributed by atoms with E-state index in [1.807, 2.05) is 7.05 Å². The van der Waals surface area contributed by atoms with Crippen molar-refractivity contribution in [3.8, 4) is 0 Å². The third-order valence-corrected chi connectivity index (χ3v) is 4.30. The van der Waals surface area contributed by atoms with Gasteiger partial charge in [0.05, 0.1) is 5.02 Å². The van der Waals surface area contributed by atoms with E-state index in [0.29, 0.717) is 21.0 Å². The van der Waals surface area contributed by atoms with Crippen molar-refractivity contribution >= 4 is 27.5 Å². The molecule has 0 radical (unpaired) electrons. The van der Waals surface area contributed by atoms with Gasteiger partial charge in [0.1, 0.15) is 5.82 Å². The SMILES string of the molecule is CCC(C)CC(NC)c1cc(Cl)c(Br)cc1F. The molecule has 1 aromatic carbocycles. The number of hydrogen-bond donors (Lipinski definition) is 1. The Morgan fingerprint density at radius 2 is 2.12 bits per heavy atom. The summed E-state index contributed by atoms with van der Waals surface area (Å²) in [4.78, 5) is 0. The van der Waals surface area contributed by atoms with E-state index >= 15 is 0 Å². The summed E-state index contributed by atoms with van der Waals surface area (Å²) in [5.41, 5.74) is 0.640. The Morgan fingerprint density at radius 1 is 1.47 bits per heavy atom. The van der Waals surface area contributed by atoms with Gasteiger partial charge in [-0.3, -0.25) is 0 Å². The van der Waals surface area contributed by atoms with Crippen LogP contribution in [-0.4, -0.2) is 7.05 Å². The zero-order chi connectivity index (χ0) is 13.0. The van der Waals surface area contributed by atoms with Crippen molar-refractivity contribution in [2.45, 2.75) is 32.7 Å². The largest absolute Gasteiger partial charge is 0.313 e. The Kier molecular flexibility index (Phi) is 5.90. The lowest BCUT2D eigenvalue weighted by Gasteiger charge is -2.21. The maximum absolute atomic E-state index is 13.9. The van der Waals surface area contributed by atoms with Gasteiger partial charge in [-0.15, -0.1) is 0 Å². The van der Waals surface area contributed by atoms with Crippen LogP contribution in [0, 0.1) is 11.7 Å². The first-order chi connectivity index (χ1) is 7.99. The van der Waals surface area contributed by atoms with Gasteiger partial charge in [-0.25, -0.2) is 4.39 Å². The number of benzene rings is 1. The zero-order valence-electron chi connectivity index (χ0n) is 10.4. The predicted molar refractivity (Wildman–Crippen MR) is 75.0 cm³/mol. The molecule has 1 nitrogen and oxygen atoms in total. The molecule has 0 saturated heterocycles. The van der Waals surface area contributed by atoms with Crippen molar-refractivity contribution in [1.82, 2.24) is 5.32 Å². The van der Waals surface area contributed by atoms with Gasteiger partial charge in [-0.2, -0.15) is 0 Å². The molecule has 0 aromatic heterocycles. The number of rotatable bonds is 5. The molecule has 0 fully saturated rings. The van der Waals surface area contributed by atoms with Crippen LogP contribution in [0.3, 0.4) is 0 Å². The topological polar surface area (TPSA) is 12.0 Å². The minimum atomic E-state index is -0.219. The molecule has 0 aliphatic heterocycles. The zero-order valence-corrected chi connectivity index (χ0v) is 12.7. The van der Waals surface area contributed by atoms with Crippen molar-refractivity contribution in [3.63, 3.8) is 0 Å². The Morgan fingerprint density at radius 3 is 2.65 bits per heavy atom. The molecule has 2 unspecified atom stereocenters. The Balaban J connectivity index is 2.99. The molecular weight excluding hydrogens is 305 g/mol. The molecule has 0 bridgehead atoms. The molecule has 2 atom stereocenters. The van der Waals surface area contributed by atoms with E-state index in [2.05, 4.69) is 35.1 Å². The third kappa shape index (κ3) is 3.94. The van der Waals surface area contributed by atoms with Gasteiger partial charge in [0.25, 0.3) is 0 Å². The summed E-state index contributed by atoms with van der Waals surface area (Å²) >= 11 is 9.24. The molecule has 1 aromatic rings. The first-order valence-corrected chi connectivity index (χ1v) is 6.98. The van der Waals surface area contributed by atoms with Gasteiger partial charge in [-0.1, -0.05) is 31.9 Å². The maximum Gasteiger partial charge on any atom is 0.129 e. The number of halogens is 3. The number of hydrogen-bond acceptors (Lipinski definition) is 1. The van der Waals surface area contributed by atoms with Crippen molar-refractivity contribution in [3.05, 3.63) is 33.0 Å². The first-order valence-electron chi connectivity index (χ1n) is 5.81. The quantitative estimate of drug-likeness (QED) is 0.757. The van der Waals surface area contributed by atoms with Crippen LogP contribution in [0.5, 0.6) is 0 Å². The van der Waals surface area contributed by atoms with Crippen LogP contribution in [0.25, 0.3) is 0 Å². The molecule has 1 rings (SSSR count). The second-order valence-electron chi connectivity index (χ2n) is 4.38. The molecule has 1 N–H and O–H groups in total. The summed E-state index contributed by atoms with van der Waals surface area (Å²) in [6.07, 6.45) is 1.99. The molecule has 0 spiro atoms. The highest BCUT2D eigenvalue weighted by Gasteiger charge is 2.18. The van der Waals surface area contributed by atoms with Crippen molar-refractivity contribution < 1.29 is 4.39 Å². The van der Waals surface area contributed by atoms with E-state index in [9.17, 15) is 4.39 Å². The van der Waals surface area contributed by atoms with E-state index in [1.54, 1.807) is 6.07 Å².